The van der Waals surface area contributed by atoms with E-state index in [0.29, 0.717) is 6.04 Å². The van der Waals surface area contributed by atoms with Crippen molar-refractivity contribution < 1.29 is 0 Å². The third-order valence-electron chi connectivity index (χ3n) is 5.09. The molecular formula is C17H22N2. The number of hydrogen-bond donors (Lipinski definition) is 1. The van der Waals surface area contributed by atoms with E-state index in [-0.39, 0.29) is 0 Å². The fourth-order valence-electron chi connectivity index (χ4n) is 3.95. The zero-order valence-corrected chi connectivity index (χ0v) is 11.6. The number of benzene rings is 1. The lowest BCUT2D eigenvalue weighted by molar-refractivity contribution is 0.309. The molecule has 19 heavy (non-hydrogen) atoms. The Labute approximate surface area is 115 Å². The van der Waals surface area contributed by atoms with Crippen LogP contribution < -0.4 is 5.32 Å². The number of nitrogens with zero attached hydrogens (tertiary/aromatic N) is 1. The van der Waals surface area contributed by atoms with Gasteiger partial charge in [0.05, 0.1) is 11.6 Å². The largest absolute Gasteiger partial charge is 0.310 e. The van der Waals surface area contributed by atoms with E-state index in [2.05, 4.69) is 24.4 Å². The van der Waals surface area contributed by atoms with E-state index in [9.17, 15) is 0 Å². The van der Waals surface area contributed by atoms with E-state index in [0.717, 1.165) is 29.9 Å². The lowest BCUT2D eigenvalue weighted by Gasteiger charge is -2.24. The average Bonchev–Trinajstić information content (AvgIpc) is 3.07. The van der Waals surface area contributed by atoms with Crippen LogP contribution in [0.3, 0.4) is 0 Å². The Hall–Kier alpha value is -1.33. The first-order chi connectivity index (χ1) is 9.26. The van der Waals surface area contributed by atoms with Gasteiger partial charge in [-0.3, -0.25) is 0 Å². The molecule has 1 aromatic carbocycles. The molecule has 3 rings (SSSR count). The van der Waals surface area contributed by atoms with Gasteiger partial charge in [0.2, 0.25) is 0 Å². The maximum Gasteiger partial charge on any atom is 0.0991 e. The summed E-state index contributed by atoms with van der Waals surface area (Å²) in [7, 11) is 0. The van der Waals surface area contributed by atoms with Gasteiger partial charge in [-0.05, 0) is 68.2 Å². The van der Waals surface area contributed by atoms with Crippen molar-refractivity contribution in [3.05, 3.63) is 35.4 Å². The minimum Gasteiger partial charge on any atom is -0.310 e. The summed E-state index contributed by atoms with van der Waals surface area (Å²) < 4.78 is 0. The summed E-state index contributed by atoms with van der Waals surface area (Å²) in [5, 5.41) is 12.6. The second-order valence-corrected chi connectivity index (χ2v) is 6.30. The minimum absolute atomic E-state index is 0.340. The van der Waals surface area contributed by atoms with Crippen LogP contribution >= 0.6 is 0 Å². The molecule has 2 aliphatic carbocycles. The monoisotopic (exact) mass is 254 g/mol. The molecule has 2 aliphatic rings. The zero-order valence-electron chi connectivity index (χ0n) is 11.6. The highest BCUT2D eigenvalue weighted by molar-refractivity contribution is 5.34. The van der Waals surface area contributed by atoms with Crippen LogP contribution in [0.15, 0.2) is 24.3 Å². The summed E-state index contributed by atoms with van der Waals surface area (Å²) in [6.07, 6.45) is 5.84. The fourth-order valence-corrected chi connectivity index (χ4v) is 3.95. The van der Waals surface area contributed by atoms with Crippen LogP contribution in [-0.4, -0.2) is 6.54 Å². The predicted octanol–water partition coefficient (Wildman–Crippen LogP) is 3.65. The summed E-state index contributed by atoms with van der Waals surface area (Å²) >= 11 is 0. The first-order valence-corrected chi connectivity index (χ1v) is 7.49. The molecule has 2 heteroatoms. The molecule has 1 aromatic rings. The fraction of sp³-hybridized carbons (Fsp3) is 0.588. The van der Waals surface area contributed by atoms with Crippen molar-refractivity contribution in [3.63, 3.8) is 0 Å². The Balaban J connectivity index is 1.56. The molecule has 2 saturated carbocycles. The smallest absolute Gasteiger partial charge is 0.0991 e. The number of nitrogens with one attached hydrogen (secondary N) is 1. The summed E-state index contributed by atoms with van der Waals surface area (Å²) in [5.74, 6) is 2.89. The van der Waals surface area contributed by atoms with Gasteiger partial charge in [0, 0.05) is 6.04 Å². The lowest BCUT2D eigenvalue weighted by atomic mass is 9.88. The SMILES string of the molecule is CC(NCC1CC2CCC1C2)c1cccc(C#N)c1. The Morgan fingerprint density at radius 1 is 1.37 bits per heavy atom. The van der Waals surface area contributed by atoms with Gasteiger partial charge in [0.25, 0.3) is 0 Å². The number of rotatable bonds is 4. The zero-order chi connectivity index (χ0) is 13.2. The Morgan fingerprint density at radius 3 is 2.95 bits per heavy atom. The van der Waals surface area contributed by atoms with Crippen molar-refractivity contribution in [1.82, 2.24) is 5.32 Å². The van der Waals surface area contributed by atoms with Crippen LogP contribution in [0.2, 0.25) is 0 Å². The van der Waals surface area contributed by atoms with E-state index in [1.54, 1.807) is 0 Å². The second-order valence-electron chi connectivity index (χ2n) is 6.30. The molecule has 0 spiro atoms. The third-order valence-corrected chi connectivity index (χ3v) is 5.09. The van der Waals surface area contributed by atoms with E-state index in [4.69, 9.17) is 5.26 Å². The molecule has 2 nitrogen and oxygen atoms in total. The van der Waals surface area contributed by atoms with Gasteiger partial charge < -0.3 is 5.32 Å². The quantitative estimate of drug-likeness (QED) is 0.890. The molecule has 1 N–H and O–H groups in total. The molecule has 4 unspecified atom stereocenters. The van der Waals surface area contributed by atoms with E-state index in [1.807, 2.05) is 18.2 Å². The number of hydrogen-bond acceptors (Lipinski definition) is 2. The van der Waals surface area contributed by atoms with Crippen LogP contribution in [0.5, 0.6) is 0 Å². The van der Waals surface area contributed by atoms with Crippen molar-refractivity contribution in [2.24, 2.45) is 17.8 Å². The minimum atomic E-state index is 0.340. The molecule has 0 amide bonds. The summed E-state index contributed by atoms with van der Waals surface area (Å²) in [5.41, 5.74) is 1.98. The highest BCUT2D eigenvalue weighted by atomic mass is 14.9. The van der Waals surface area contributed by atoms with Crippen LogP contribution in [0, 0.1) is 29.1 Å². The molecule has 0 saturated heterocycles. The van der Waals surface area contributed by atoms with Gasteiger partial charge in [-0.15, -0.1) is 0 Å². The first kappa shape index (κ1) is 12.7. The molecule has 0 heterocycles. The average molecular weight is 254 g/mol. The Kier molecular flexibility index (Phi) is 3.57. The lowest BCUT2D eigenvalue weighted by Crippen LogP contribution is -2.28. The van der Waals surface area contributed by atoms with Crippen molar-refractivity contribution in [1.29, 1.82) is 5.26 Å². The van der Waals surface area contributed by atoms with Crippen molar-refractivity contribution in [3.8, 4) is 6.07 Å². The van der Waals surface area contributed by atoms with Gasteiger partial charge in [-0.25, -0.2) is 0 Å². The summed E-state index contributed by atoms with van der Waals surface area (Å²) in [4.78, 5) is 0. The molecule has 2 bridgehead atoms. The van der Waals surface area contributed by atoms with Crippen LogP contribution in [-0.2, 0) is 0 Å². The van der Waals surface area contributed by atoms with E-state index < -0.39 is 0 Å². The molecule has 4 atom stereocenters. The maximum atomic E-state index is 8.95. The molecule has 100 valence electrons. The summed E-state index contributed by atoms with van der Waals surface area (Å²) in [6.45, 7) is 3.34. The first-order valence-electron chi connectivity index (χ1n) is 7.49. The highest BCUT2D eigenvalue weighted by Gasteiger charge is 2.39. The van der Waals surface area contributed by atoms with Gasteiger partial charge in [-0.2, -0.15) is 5.26 Å². The topological polar surface area (TPSA) is 35.8 Å². The molecule has 0 radical (unpaired) electrons. The molecule has 2 fully saturated rings. The maximum absolute atomic E-state index is 8.95. The number of nitriles is 1. The third kappa shape index (κ3) is 2.67. The highest BCUT2D eigenvalue weighted by Crippen LogP contribution is 2.48. The molecule has 0 aromatic heterocycles. The molecule has 0 aliphatic heterocycles. The van der Waals surface area contributed by atoms with Crippen LogP contribution in [0.1, 0.15) is 49.8 Å². The van der Waals surface area contributed by atoms with Gasteiger partial charge in [-0.1, -0.05) is 18.6 Å². The van der Waals surface area contributed by atoms with Crippen LogP contribution in [0.25, 0.3) is 0 Å². The van der Waals surface area contributed by atoms with Crippen molar-refractivity contribution >= 4 is 0 Å². The van der Waals surface area contributed by atoms with Gasteiger partial charge >= 0.3 is 0 Å². The summed E-state index contributed by atoms with van der Waals surface area (Å²) in [6, 6.07) is 10.5. The Bertz CT molecular complexity index is 488. The van der Waals surface area contributed by atoms with Crippen molar-refractivity contribution in [2.45, 2.75) is 38.6 Å². The standard InChI is InChI=1S/C17H22N2/c1-12(15-4-2-3-14(9-15)10-18)19-11-17-8-13-5-6-16(17)7-13/h2-4,9,12-13,16-17,19H,5-8,11H2,1H3. The Morgan fingerprint density at radius 2 is 2.26 bits per heavy atom. The van der Waals surface area contributed by atoms with E-state index in [1.165, 1.54) is 31.2 Å². The van der Waals surface area contributed by atoms with Crippen molar-refractivity contribution in [2.75, 3.05) is 6.54 Å². The predicted molar refractivity (Wildman–Crippen MR) is 76.5 cm³/mol. The van der Waals surface area contributed by atoms with E-state index >= 15 is 0 Å². The second kappa shape index (κ2) is 5.35. The normalized spacial score (nSPS) is 30.2. The van der Waals surface area contributed by atoms with Crippen LogP contribution in [0.4, 0.5) is 0 Å². The van der Waals surface area contributed by atoms with Gasteiger partial charge in [0.15, 0.2) is 0 Å². The van der Waals surface area contributed by atoms with Gasteiger partial charge in [0.1, 0.15) is 0 Å². The number of fused-ring (bicyclic) bond motifs is 2. The molecular weight excluding hydrogens is 232 g/mol.